The molecule has 0 spiro atoms. The molecule has 2 heterocycles. The van der Waals surface area contributed by atoms with Crippen LogP contribution >= 0.6 is 12.4 Å². The molecule has 3 amide bonds. The third-order valence-corrected chi connectivity index (χ3v) is 5.01. The van der Waals surface area contributed by atoms with Gasteiger partial charge in [-0.3, -0.25) is 19.7 Å². The second-order valence-electron chi connectivity index (χ2n) is 6.42. The monoisotopic (exact) mass is 366 g/mol. The summed E-state index contributed by atoms with van der Waals surface area (Å²) in [6.07, 6.45) is 2.53. The molecule has 1 saturated heterocycles. The molecule has 2 aliphatic rings. The number of rotatable bonds is 5. The third-order valence-electron chi connectivity index (χ3n) is 5.01. The molecule has 0 aromatic heterocycles. The molecule has 0 bridgehead atoms. The molecule has 8 heteroatoms. The fourth-order valence-corrected chi connectivity index (χ4v) is 3.63. The first-order valence-electron chi connectivity index (χ1n) is 8.23. The minimum atomic E-state index is -1.01. The Balaban J connectivity index is 0.00000225. The average Bonchev–Trinajstić information content (AvgIpc) is 2.89. The lowest BCUT2D eigenvalue weighted by Crippen LogP contribution is -2.63. The van der Waals surface area contributed by atoms with Gasteiger partial charge in [0.2, 0.25) is 5.91 Å². The zero-order valence-electron chi connectivity index (χ0n) is 13.9. The van der Waals surface area contributed by atoms with Crippen molar-refractivity contribution in [3.63, 3.8) is 0 Å². The molecule has 2 aliphatic heterocycles. The number of nitrogen functional groups attached to an aromatic ring is 1. The number of nitrogens with zero attached hydrogens (tertiary/aromatic N) is 1. The Bertz CT molecular complexity index is 709. The van der Waals surface area contributed by atoms with Crippen molar-refractivity contribution in [3.05, 3.63) is 29.3 Å². The fraction of sp³-hybridized carbons (Fsp3) is 0.471. The molecule has 136 valence electrons. The number of carbonyl (C=O) groups excluding carboxylic acids is 3. The number of imide groups is 1. The Kier molecular flexibility index (Phi) is 5.69. The number of nitrogens with two attached hydrogens (primary N) is 2. The van der Waals surface area contributed by atoms with Crippen molar-refractivity contribution < 1.29 is 14.4 Å². The quantitative estimate of drug-likeness (QED) is 0.407. The molecule has 0 radical (unpaired) electrons. The second kappa shape index (κ2) is 7.41. The van der Waals surface area contributed by atoms with Gasteiger partial charge in [-0.05, 0) is 44.4 Å². The van der Waals surface area contributed by atoms with E-state index in [1.807, 2.05) is 0 Å². The van der Waals surface area contributed by atoms with E-state index in [1.165, 1.54) is 0 Å². The molecule has 1 aromatic rings. The van der Waals surface area contributed by atoms with Crippen LogP contribution in [0.5, 0.6) is 0 Å². The van der Waals surface area contributed by atoms with Crippen molar-refractivity contribution in [2.24, 2.45) is 5.73 Å². The highest BCUT2D eigenvalue weighted by Crippen LogP contribution is 2.39. The van der Waals surface area contributed by atoms with Crippen molar-refractivity contribution in [1.29, 1.82) is 0 Å². The van der Waals surface area contributed by atoms with Gasteiger partial charge in [0, 0.05) is 29.8 Å². The number of carbonyl (C=O) groups is 3. The molecular formula is C17H23ClN4O3. The standard InChI is InChI=1S/C17H22N4O3.ClH/c18-9-2-1-7-17(8-6-14(22)20-16(17)24)21-10-12-11(15(21)23)4-3-5-13(12)19;/h3-5H,1-2,6-10,18-19H2,(H,20,22,24);1H. The van der Waals surface area contributed by atoms with E-state index in [1.54, 1.807) is 23.1 Å². The lowest BCUT2D eigenvalue weighted by atomic mass is 9.82. The van der Waals surface area contributed by atoms with E-state index < -0.39 is 11.4 Å². The number of nitrogens with one attached hydrogen (secondary N) is 1. The molecule has 7 nitrogen and oxygen atoms in total. The summed E-state index contributed by atoms with van der Waals surface area (Å²) in [6.45, 7) is 0.822. The summed E-state index contributed by atoms with van der Waals surface area (Å²) >= 11 is 0. The maximum absolute atomic E-state index is 12.9. The first-order chi connectivity index (χ1) is 11.5. The van der Waals surface area contributed by atoms with Crippen LogP contribution < -0.4 is 16.8 Å². The normalized spacial score (nSPS) is 22.4. The summed E-state index contributed by atoms with van der Waals surface area (Å²) in [7, 11) is 0. The molecule has 3 rings (SSSR count). The SMILES string of the molecule is Cl.NCCCCC1(N2Cc3c(N)cccc3C2=O)CCC(=O)NC1=O. The zero-order valence-corrected chi connectivity index (χ0v) is 14.7. The topological polar surface area (TPSA) is 119 Å². The Morgan fingerprint density at radius 3 is 2.60 bits per heavy atom. The molecule has 0 aliphatic carbocycles. The van der Waals surface area contributed by atoms with Crippen LogP contribution in [-0.4, -0.2) is 34.7 Å². The van der Waals surface area contributed by atoms with Gasteiger partial charge in [0.05, 0.1) is 0 Å². The van der Waals surface area contributed by atoms with Crippen molar-refractivity contribution in [2.75, 3.05) is 12.3 Å². The predicted octanol–water partition coefficient (Wildman–Crippen LogP) is 0.951. The molecular weight excluding hydrogens is 344 g/mol. The van der Waals surface area contributed by atoms with E-state index in [9.17, 15) is 14.4 Å². The van der Waals surface area contributed by atoms with Gasteiger partial charge in [-0.2, -0.15) is 0 Å². The van der Waals surface area contributed by atoms with E-state index in [0.29, 0.717) is 43.6 Å². The zero-order chi connectivity index (χ0) is 17.3. The van der Waals surface area contributed by atoms with Crippen molar-refractivity contribution >= 4 is 35.8 Å². The summed E-state index contributed by atoms with van der Waals surface area (Å²) in [5, 5.41) is 2.40. The number of hydrogen-bond acceptors (Lipinski definition) is 5. The number of amides is 3. The van der Waals surface area contributed by atoms with Crippen LogP contribution in [0.4, 0.5) is 5.69 Å². The third kappa shape index (κ3) is 3.21. The van der Waals surface area contributed by atoms with E-state index in [0.717, 1.165) is 12.0 Å². The summed E-state index contributed by atoms with van der Waals surface area (Å²) < 4.78 is 0. The Morgan fingerprint density at radius 1 is 1.20 bits per heavy atom. The van der Waals surface area contributed by atoms with E-state index in [-0.39, 0.29) is 30.6 Å². The molecule has 5 N–H and O–H groups in total. The van der Waals surface area contributed by atoms with Gasteiger partial charge in [0.1, 0.15) is 5.54 Å². The summed E-state index contributed by atoms with van der Waals surface area (Å²) in [4.78, 5) is 38.8. The Morgan fingerprint density at radius 2 is 1.96 bits per heavy atom. The number of piperidine rings is 1. The minimum absolute atomic E-state index is 0. The minimum Gasteiger partial charge on any atom is -0.398 e. The van der Waals surface area contributed by atoms with Crippen molar-refractivity contribution in [2.45, 2.75) is 44.2 Å². The Labute approximate surface area is 152 Å². The van der Waals surface area contributed by atoms with Gasteiger partial charge in [-0.25, -0.2) is 0 Å². The first-order valence-corrected chi connectivity index (χ1v) is 8.23. The van der Waals surface area contributed by atoms with Crippen molar-refractivity contribution in [3.8, 4) is 0 Å². The number of halogens is 1. The van der Waals surface area contributed by atoms with Gasteiger partial charge >= 0.3 is 0 Å². The van der Waals surface area contributed by atoms with Crippen LogP contribution in [0.1, 0.15) is 48.0 Å². The maximum Gasteiger partial charge on any atom is 0.255 e. The van der Waals surface area contributed by atoms with Crippen LogP contribution in [0.2, 0.25) is 0 Å². The highest BCUT2D eigenvalue weighted by Gasteiger charge is 2.51. The number of fused-ring (bicyclic) bond motifs is 1. The van der Waals surface area contributed by atoms with Gasteiger partial charge in [0.25, 0.3) is 11.8 Å². The fourth-order valence-electron chi connectivity index (χ4n) is 3.63. The Hall–Kier alpha value is -2.12. The number of anilines is 1. The maximum atomic E-state index is 12.9. The number of unbranched alkanes of at least 4 members (excludes halogenated alkanes) is 1. The summed E-state index contributed by atoms with van der Waals surface area (Å²) in [5.74, 6) is -0.886. The number of hydrogen-bond donors (Lipinski definition) is 3. The van der Waals surface area contributed by atoms with Crippen LogP contribution in [0, 0.1) is 0 Å². The van der Waals surface area contributed by atoms with Crippen LogP contribution in [-0.2, 0) is 16.1 Å². The highest BCUT2D eigenvalue weighted by atomic mass is 35.5. The second-order valence-corrected chi connectivity index (χ2v) is 6.42. The molecule has 1 unspecified atom stereocenters. The smallest absolute Gasteiger partial charge is 0.255 e. The predicted molar refractivity (Wildman–Crippen MR) is 96.0 cm³/mol. The van der Waals surface area contributed by atoms with Gasteiger partial charge < -0.3 is 16.4 Å². The molecule has 1 aromatic carbocycles. The average molecular weight is 367 g/mol. The van der Waals surface area contributed by atoms with Crippen LogP contribution in [0.25, 0.3) is 0 Å². The lowest BCUT2D eigenvalue weighted by Gasteiger charge is -2.42. The van der Waals surface area contributed by atoms with E-state index in [2.05, 4.69) is 5.32 Å². The molecule has 1 fully saturated rings. The first kappa shape index (κ1) is 19.2. The van der Waals surface area contributed by atoms with E-state index >= 15 is 0 Å². The lowest BCUT2D eigenvalue weighted by molar-refractivity contribution is -0.143. The summed E-state index contributed by atoms with van der Waals surface area (Å²) in [6, 6.07) is 5.22. The molecule has 1 atom stereocenters. The number of benzene rings is 1. The van der Waals surface area contributed by atoms with Gasteiger partial charge in [-0.1, -0.05) is 6.07 Å². The molecule has 25 heavy (non-hydrogen) atoms. The van der Waals surface area contributed by atoms with Crippen molar-refractivity contribution in [1.82, 2.24) is 10.2 Å². The van der Waals surface area contributed by atoms with E-state index in [4.69, 9.17) is 11.5 Å². The van der Waals surface area contributed by atoms with Crippen LogP contribution in [0.15, 0.2) is 18.2 Å². The molecule has 0 saturated carbocycles. The van der Waals surface area contributed by atoms with Crippen LogP contribution in [0.3, 0.4) is 0 Å². The summed E-state index contributed by atoms with van der Waals surface area (Å²) in [5.41, 5.74) is 12.4. The van der Waals surface area contributed by atoms with Gasteiger partial charge in [0.15, 0.2) is 0 Å². The van der Waals surface area contributed by atoms with Gasteiger partial charge in [-0.15, -0.1) is 12.4 Å². The highest BCUT2D eigenvalue weighted by molar-refractivity contribution is 6.08. The largest absolute Gasteiger partial charge is 0.398 e.